The Labute approximate surface area is 124 Å². The van der Waals surface area contributed by atoms with E-state index in [1.165, 1.54) is 0 Å². The van der Waals surface area contributed by atoms with Crippen molar-refractivity contribution < 1.29 is 4.79 Å². The molecule has 2 heterocycles. The standard InChI is InChI=1S/C15H17N3O.ClH/c1-10-8-18(9-12(10)16)15(19)14-7-6-11-4-2-3-5-13(11)17-14;/h2-7,10,12H,8-9,16H2,1H3;1H. The van der Waals surface area contributed by atoms with E-state index in [1.54, 1.807) is 11.0 Å². The normalized spacial score (nSPS) is 21.8. The van der Waals surface area contributed by atoms with Crippen LogP contribution in [-0.2, 0) is 0 Å². The first-order valence-electron chi connectivity index (χ1n) is 6.56. The lowest BCUT2D eigenvalue weighted by atomic mass is 10.1. The SMILES string of the molecule is CC1CN(C(=O)c2ccc3ccccc3n2)CC1N.Cl. The number of halogens is 1. The molecule has 2 unspecified atom stereocenters. The van der Waals surface area contributed by atoms with Gasteiger partial charge in [-0.3, -0.25) is 4.79 Å². The number of hydrogen-bond acceptors (Lipinski definition) is 3. The number of amides is 1. The van der Waals surface area contributed by atoms with Crippen molar-refractivity contribution in [2.75, 3.05) is 13.1 Å². The Bertz CT molecular complexity index is 621. The van der Waals surface area contributed by atoms with Gasteiger partial charge in [0.15, 0.2) is 0 Å². The highest BCUT2D eigenvalue weighted by molar-refractivity contribution is 5.95. The summed E-state index contributed by atoms with van der Waals surface area (Å²) >= 11 is 0. The van der Waals surface area contributed by atoms with Crippen LogP contribution in [0.15, 0.2) is 36.4 Å². The minimum atomic E-state index is -0.0226. The lowest BCUT2D eigenvalue weighted by Crippen LogP contribution is -2.32. The van der Waals surface area contributed by atoms with E-state index in [9.17, 15) is 4.79 Å². The summed E-state index contributed by atoms with van der Waals surface area (Å²) in [7, 11) is 0. The van der Waals surface area contributed by atoms with Gasteiger partial charge in [-0.25, -0.2) is 4.98 Å². The second kappa shape index (κ2) is 5.77. The lowest BCUT2D eigenvalue weighted by molar-refractivity contribution is 0.0781. The number of carbonyl (C=O) groups excluding carboxylic acids is 1. The van der Waals surface area contributed by atoms with Gasteiger partial charge in [0, 0.05) is 24.5 Å². The molecule has 1 amide bonds. The second-order valence-corrected chi connectivity index (χ2v) is 5.24. The Balaban J connectivity index is 0.00000147. The highest BCUT2D eigenvalue weighted by Gasteiger charge is 2.30. The molecule has 0 spiro atoms. The summed E-state index contributed by atoms with van der Waals surface area (Å²) in [6.07, 6.45) is 0. The maximum absolute atomic E-state index is 12.4. The average molecular weight is 292 g/mol. The second-order valence-electron chi connectivity index (χ2n) is 5.24. The van der Waals surface area contributed by atoms with Crippen molar-refractivity contribution >= 4 is 29.2 Å². The van der Waals surface area contributed by atoms with Crippen molar-refractivity contribution in [1.82, 2.24) is 9.88 Å². The highest BCUT2D eigenvalue weighted by atomic mass is 35.5. The molecule has 0 bridgehead atoms. The van der Waals surface area contributed by atoms with Crippen molar-refractivity contribution in [3.8, 4) is 0 Å². The number of nitrogens with zero attached hydrogens (tertiary/aromatic N) is 2. The molecule has 0 aliphatic carbocycles. The largest absolute Gasteiger partial charge is 0.335 e. The number of carbonyl (C=O) groups is 1. The van der Waals surface area contributed by atoms with Gasteiger partial charge in [0.25, 0.3) is 5.91 Å². The molecule has 1 aliphatic rings. The third kappa shape index (κ3) is 2.62. The molecular weight excluding hydrogens is 274 g/mol. The number of hydrogen-bond donors (Lipinski definition) is 1. The Morgan fingerprint density at radius 3 is 2.70 bits per heavy atom. The molecule has 1 fully saturated rings. The van der Waals surface area contributed by atoms with Crippen molar-refractivity contribution in [2.45, 2.75) is 13.0 Å². The van der Waals surface area contributed by atoms with Crippen LogP contribution in [0.25, 0.3) is 10.9 Å². The summed E-state index contributed by atoms with van der Waals surface area (Å²) in [5.41, 5.74) is 7.31. The highest BCUT2D eigenvalue weighted by Crippen LogP contribution is 2.18. The minimum absolute atomic E-state index is 0. The van der Waals surface area contributed by atoms with Crippen LogP contribution in [0, 0.1) is 5.92 Å². The first-order valence-corrected chi connectivity index (χ1v) is 6.56. The molecule has 1 aliphatic heterocycles. The van der Waals surface area contributed by atoms with Crippen LogP contribution in [0.2, 0.25) is 0 Å². The molecule has 2 N–H and O–H groups in total. The van der Waals surface area contributed by atoms with E-state index in [2.05, 4.69) is 11.9 Å². The summed E-state index contributed by atoms with van der Waals surface area (Å²) in [5.74, 6) is 0.329. The fourth-order valence-corrected chi connectivity index (χ4v) is 2.50. The van der Waals surface area contributed by atoms with Gasteiger partial charge in [-0.1, -0.05) is 31.2 Å². The molecule has 1 aromatic heterocycles. The zero-order valence-electron chi connectivity index (χ0n) is 11.3. The van der Waals surface area contributed by atoms with Gasteiger partial charge in [0.05, 0.1) is 5.52 Å². The van der Waals surface area contributed by atoms with Crippen molar-refractivity contribution in [2.24, 2.45) is 11.7 Å². The Morgan fingerprint density at radius 1 is 1.25 bits per heavy atom. The fraction of sp³-hybridized carbons (Fsp3) is 0.333. The van der Waals surface area contributed by atoms with Gasteiger partial charge in [-0.05, 0) is 18.1 Å². The van der Waals surface area contributed by atoms with Crippen LogP contribution in [0.3, 0.4) is 0 Å². The third-order valence-corrected chi connectivity index (χ3v) is 3.78. The number of para-hydroxylation sites is 1. The summed E-state index contributed by atoms with van der Waals surface area (Å²) in [6.45, 7) is 3.41. The third-order valence-electron chi connectivity index (χ3n) is 3.78. The summed E-state index contributed by atoms with van der Waals surface area (Å²) in [4.78, 5) is 18.6. The molecule has 106 valence electrons. The number of likely N-dealkylation sites (tertiary alicyclic amines) is 1. The van der Waals surface area contributed by atoms with E-state index < -0.39 is 0 Å². The predicted molar refractivity (Wildman–Crippen MR) is 82.0 cm³/mol. The van der Waals surface area contributed by atoms with Crippen molar-refractivity contribution in [3.05, 3.63) is 42.1 Å². The lowest BCUT2D eigenvalue weighted by Gasteiger charge is -2.15. The summed E-state index contributed by atoms with van der Waals surface area (Å²) in [5, 5.41) is 1.05. The Morgan fingerprint density at radius 2 is 2.00 bits per heavy atom. The molecule has 0 radical (unpaired) electrons. The van der Waals surface area contributed by atoms with Gasteiger partial charge in [0.2, 0.25) is 0 Å². The molecule has 2 aromatic rings. The molecule has 1 saturated heterocycles. The monoisotopic (exact) mass is 291 g/mol. The topological polar surface area (TPSA) is 59.2 Å². The molecule has 3 rings (SSSR count). The zero-order valence-corrected chi connectivity index (χ0v) is 12.1. The number of fused-ring (bicyclic) bond motifs is 1. The van der Waals surface area contributed by atoms with Crippen molar-refractivity contribution in [3.63, 3.8) is 0 Å². The quantitative estimate of drug-likeness (QED) is 0.875. The van der Waals surface area contributed by atoms with Gasteiger partial charge in [-0.15, -0.1) is 12.4 Å². The predicted octanol–water partition coefficient (Wildman–Crippen LogP) is 2.08. The van der Waals surface area contributed by atoms with E-state index in [-0.39, 0.29) is 24.4 Å². The maximum atomic E-state index is 12.4. The van der Waals surface area contributed by atoms with Crippen LogP contribution in [0.1, 0.15) is 17.4 Å². The maximum Gasteiger partial charge on any atom is 0.272 e. The molecule has 2 atom stereocenters. The minimum Gasteiger partial charge on any atom is -0.335 e. The van der Waals surface area contributed by atoms with E-state index in [0.717, 1.165) is 10.9 Å². The first-order chi connectivity index (χ1) is 9.15. The van der Waals surface area contributed by atoms with Crippen LogP contribution in [0.5, 0.6) is 0 Å². The molecule has 20 heavy (non-hydrogen) atoms. The van der Waals surface area contributed by atoms with E-state index in [4.69, 9.17) is 5.73 Å². The van der Waals surface area contributed by atoms with Gasteiger partial charge < -0.3 is 10.6 Å². The average Bonchev–Trinajstić information content (AvgIpc) is 2.77. The molecular formula is C15H18ClN3O. The Hall–Kier alpha value is -1.65. The number of aromatic nitrogens is 1. The number of nitrogens with two attached hydrogens (primary N) is 1. The van der Waals surface area contributed by atoms with Crippen molar-refractivity contribution in [1.29, 1.82) is 0 Å². The molecule has 0 saturated carbocycles. The van der Waals surface area contributed by atoms with Gasteiger partial charge in [0.1, 0.15) is 5.69 Å². The Kier molecular flexibility index (Phi) is 4.26. The van der Waals surface area contributed by atoms with E-state index in [1.807, 2.05) is 30.3 Å². The first kappa shape index (κ1) is 14.8. The van der Waals surface area contributed by atoms with Crippen LogP contribution >= 0.6 is 12.4 Å². The molecule has 1 aromatic carbocycles. The fourth-order valence-electron chi connectivity index (χ4n) is 2.50. The summed E-state index contributed by atoms with van der Waals surface area (Å²) < 4.78 is 0. The van der Waals surface area contributed by atoms with Crippen LogP contribution < -0.4 is 5.73 Å². The number of rotatable bonds is 1. The van der Waals surface area contributed by atoms with Gasteiger partial charge in [-0.2, -0.15) is 0 Å². The van der Waals surface area contributed by atoms with E-state index >= 15 is 0 Å². The smallest absolute Gasteiger partial charge is 0.272 e. The van der Waals surface area contributed by atoms with Crippen LogP contribution in [-0.4, -0.2) is 34.9 Å². The number of pyridine rings is 1. The van der Waals surface area contributed by atoms with Crippen LogP contribution in [0.4, 0.5) is 0 Å². The van der Waals surface area contributed by atoms with E-state index in [0.29, 0.717) is 24.7 Å². The molecule has 4 nitrogen and oxygen atoms in total. The van der Waals surface area contributed by atoms with Gasteiger partial charge >= 0.3 is 0 Å². The number of benzene rings is 1. The zero-order chi connectivity index (χ0) is 13.4. The molecule has 5 heteroatoms. The summed E-state index contributed by atoms with van der Waals surface area (Å²) in [6, 6.07) is 11.6.